The van der Waals surface area contributed by atoms with Crippen LogP contribution in [0, 0.1) is 0 Å². The van der Waals surface area contributed by atoms with Gasteiger partial charge in [0.2, 0.25) is 0 Å². The van der Waals surface area contributed by atoms with Crippen molar-refractivity contribution in [1.29, 1.82) is 0 Å². The molecule has 0 unspecified atom stereocenters. The molecule has 6 heavy (non-hydrogen) atoms. The Morgan fingerprint density at radius 2 is 2.50 bits per heavy atom. The van der Waals surface area contributed by atoms with Crippen molar-refractivity contribution >= 4 is 35.8 Å². The number of halogens is 1. The van der Waals surface area contributed by atoms with Crippen molar-refractivity contribution in [3.8, 4) is 0 Å². The molecule has 1 rings (SSSR count). The Hall–Kier alpha value is 0.692. The molecule has 30 valence electrons. The molecule has 0 spiro atoms. The zero-order chi connectivity index (χ0) is 4.41. The second-order valence-corrected chi connectivity index (χ2v) is 9.85. The van der Waals surface area contributed by atoms with Crippen molar-refractivity contribution < 1.29 is 0 Å². The fourth-order valence-corrected chi connectivity index (χ4v) is 4.27. The Kier molecular flexibility index (Phi) is 1.71. The van der Waals surface area contributed by atoms with Crippen LogP contribution in [0.5, 0.6) is 0 Å². The Bertz CT molecular complexity index is 104. The Morgan fingerprint density at radius 1 is 1.67 bits per heavy atom. The summed E-state index contributed by atoms with van der Waals surface area (Å²) in [5, 5.41) is 0. The summed E-state index contributed by atoms with van der Waals surface area (Å²) in [4.78, 5) is 0. The molecule has 0 radical (unpaired) electrons. The van der Waals surface area contributed by atoms with Crippen LogP contribution < -0.4 is 0 Å². The van der Waals surface area contributed by atoms with Crippen molar-refractivity contribution in [3.05, 3.63) is 18.4 Å². The van der Waals surface area contributed by atoms with Gasteiger partial charge in [0, 0.05) is 0 Å². The summed E-state index contributed by atoms with van der Waals surface area (Å²) in [5.74, 6) is 0. The van der Waals surface area contributed by atoms with E-state index in [-0.39, 0.29) is 0 Å². The van der Waals surface area contributed by atoms with Crippen molar-refractivity contribution in [3.63, 3.8) is 0 Å². The Labute approximate surface area is 54.1 Å². The third-order valence-electron chi connectivity index (χ3n) is 0.726. The summed E-state index contributed by atoms with van der Waals surface area (Å²) in [6, 6.07) is 0. The number of hydrogen-bond acceptors (Lipinski definition) is 0. The zero-order valence-electron chi connectivity index (χ0n) is 3.32. The first-order chi connectivity index (χ1) is 2.89. The van der Waals surface area contributed by atoms with E-state index in [4.69, 9.17) is 11.6 Å². The SMILES string of the molecule is Cl[C]1=CC=[CH][TlH]1. The summed E-state index contributed by atoms with van der Waals surface area (Å²) in [5.41, 5.74) is 0. The molecule has 0 saturated heterocycles. The summed E-state index contributed by atoms with van der Waals surface area (Å²) in [6.45, 7) is 0. The van der Waals surface area contributed by atoms with Gasteiger partial charge in [-0.05, 0) is 0 Å². The maximum absolute atomic E-state index is 5.61. The molecule has 1 heterocycles. The zero-order valence-corrected chi connectivity index (χ0v) is 9.57. The average Bonchev–Trinajstić information content (AvgIpc) is 1.86. The molecule has 0 amide bonds. The van der Waals surface area contributed by atoms with Crippen molar-refractivity contribution in [2.24, 2.45) is 0 Å². The van der Waals surface area contributed by atoms with E-state index >= 15 is 0 Å². The molecule has 0 N–H and O–H groups in total. The fraction of sp³-hybridized carbons (Fsp3) is 0. The first kappa shape index (κ1) is 4.84. The minimum atomic E-state index is -0.698. The average molecular weight is 292 g/mol. The molecular formula is C4H4ClTl. The quantitative estimate of drug-likeness (QED) is 0.585. The predicted octanol–water partition coefficient (Wildman–Crippen LogP) is 1.03. The number of hydrogen-bond donors (Lipinski definition) is 0. The summed E-state index contributed by atoms with van der Waals surface area (Å²) in [7, 11) is 0. The third kappa shape index (κ3) is 1.08. The molecule has 0 bridgehead atoms. The molecule has 1 aliphatic heterocycles. The topological polar surface area (TPSA) is 0 Å². The standard InChI is InChI=1S/C4H3Cl.Tl.H/c1-2-3-4-5;;/h1-3H;;. The normalized spacial score (nSPS) is 17.2. The van der Waals surface area contributed by atoms with Crippen LogP contribution >= 0.6 is 11.6 Å². The van der Waals surface area contributed by atoms with Gasteiger partial charge in [-0.25, -0.2) is 0 Å². The number of rotatable bonds is 0. The molecule has 0 aromatic carbocycles. The molecule has 0 aromatic rings. The van der Waals surface area contributed by atoms with Crippen molar-refractivity contribution in [2.45, 2.75) is 0 Å². The van der Waals surface area contributed by atoms with E-state index in [9.17, 15) is 0 Å². The van der Waals surface area contributed by atoms with Gasteiger partial charge in [0.15, 0.2) is 0 Å². The van der Waals surface area contributed by atoms with Crippen molar-refractivity contribution in [1.82, 2.24) is 0 Å². The van der Waals surface area contributed by atoms with E-state index in [1.54, 1.807) is 0 Å². The van der Waals surface area contributed by atoms with E-state index in [1.807, 2.05) is 6.08 Å². The molecule has 0 nitrogen and oxygen atoms in total. The first-order valence-electron chi connectivity index (χ1n) is 1.91. The van der Waals surface area contributed by atoms with Crippen LogP contribution in [0.3, 0.4) is 0 Å². The van der Waals surface area contributed by atoms with Gasteiger partial charge in [-0.1, -0.05) is 0 Å². The van der Waals surface area contributed by atoms with Gasteiger partial charge in [-0.15, -0.1) is 0 Å². The van der Waals surface area contributed by atoms with Crippen LogP contribution in [0.25, 0.3) is 0 Å². The van der Waals surface area contributed by atoms with Gasteiger partial charge in [-0.3, -0.25) is 0 Å². The molecule has 0 fully saturated rings. The second kappa shape index (κ2) is 2.12. The summed E-state index contributed by atoms with van der Waals surface area (Å²) < 4.78 is 3.41. The molecule has 0 saturated carbocycles. The van der Waals surface area contributed by atoms with Crippen molar-refractivity contribution in [2.75, 3.05) is 0 Å². The third-order valence-corrected chi connectivity index (χ3v) is 6.61. The van der Waals surface area contributed by atoms with Gasteiger partial charge < -0.3 is 0 Å². The summed E-state index contributed by atoms with van der Waals surface area (Å²) >= 11 is 4.91. The Morgan fingerprint density at radius 3 is 2.67 bits per heavy atom. The van der Waals surface area contributed by atoms with Crippen LogP contribution in [-0.2, 0) is 0 Å². The molecule has 0 aliphatic carbocycles. The van der Waals surface area contributed by atoms with E-state index in [0.29, 0.717) is 0 Å². The van der Waals surface area contributed by atoms with E-state index in [2.05, 4.69) is 9.71 Å². The minimum absolute atomic E-state index is 0.698. The van der Waals surface area contributed by atoms with Gasteiger partial charge in [0.25, 0.3) is 0 Å². The van der Waals surface area contributed by atoms with E-state index < -0.39 is 24.2 Å². The molecule has 0 aromatic heterocycles. The van der Waals surface area contributed by atoms with E-state index in [0.717, 1.165) is 2.59 Å². The maximum atomic E-state index is 5.61. The Balaban J connectivity index is 2.61. The van der Waals surface area contributed by atoms with Gasteiger partial charge in [0.05, 0.1) is 0 Å². The van der Waals surface area contributed by atoms with Crippen LogP contribution in [0.1, 0.15) is 0 Å². The number of allylic oxidation sites excluding steroid dienone is 2. The van der Waals surface area contributed by atoms with E-state index in [1.165, 1.54) is 0 Å². The predicted molar refractivity (Wildman–Crippen MR) is 30.2 cm³/mol. The fourth-order valence-electron chi connectivity index (χ4n) is 0.421. The van der Waals surface area contributed by atoms with Crippen LogP contribution in [0.15, 0.2) is 18.4 Å². The monoisotopic (exact) mass is 292 g/mol. The summed E-state index contributed by atoms with van der Waals surface area (Å²) in [6.07, 6.45) is 4.06. The molecule has 1 aliphatic rings. The van der Waals surface area contributed by atoms with Crippen LogP contribution in [0.4, 0.5) is 0 Å². The van der Waals surface area contributed by atoms with Gasteiger partial charge in [0.1, 0.15) is 0 Å². The van der Waals surface area contributed by atoms with Crippen LogP contribution in [0.2, 0.25) is 0 Å². The molecular weight excluding hydrogens is 288 g/mol. The molecule has 0 atom stereocenters. The first-order valence-corrected chi connectivity index (χ1v) is 8.21. The van der Waals surface area contributed by atoms with Gasteiger partial charge in [-0.2, -0.15) is 0 Å². The van der Waals surface area contributed by atoms with Crippen LogP contribution in [-0.4, -0.2) is 24.2 Å². The second-order valence-electron chi connectivity index (χ2n) is 1.25. The molecule has 2 heteroatoms. The van der Waals surface area contributed by atoms with Gasteiger partial charge >= 0.3 is 54.2 Å².